The second kappa shape index (κ2) is 5.17. The van der Waals surface area contributed by atoms with Crippen LogP contribution in [-0.4, -0.2) is 35.6 Å². The molecule has 0 saturated carbocycles. The maximum Gasteiger partial charge on any atom is 0.309 e. The lowest BCUT2D eigenvalue weighted by atomic mass is 9.87. The van der Waals surface area contributed by atoms with Gasteiger partial charge in [0.05, 0.1) is 5.41 Å². The van der Waals surface area contributed by atoms with Crippen LogP contribution in [0.5, 0.6) is 0 Å². The Balaban J connectivity index is 2.40. The number of rotatable bonds is 4. The zero-order chi connectivity index (χ0) is 12.3. The van der Waals surface area contributed by atoms with E-state index in [9.17, 15) is 4.79 Å². The van der Waals surface area contributed by atoms with Crippen LogP contribution in [0.4, 0.5) is 0 Å². The Morgan fingerprint density at radius 1 is 1.31 bits per heavy atom. The van der Waals surface area contributed by atoms with E-state index in [4.69, 9.17) is 5.11 Å². The Morgan fingerprint density at radius 3 is 2.25 bits per heavy atom. The van der Waals surface area contributed by atoms with Gasteiger partial charge in [0.1, 0.15) is 0 Å². The number of hydrogen-bond acceptors (Lipinski definition) is 2. The zero-order valence-corrected chi connectivity index (χ0v) is 11.0. The predicted octanol–water partition coefficient (Wildman–Crippen LogP) is 2.47. The van der Waals surface area contributed by atoms with Crippen molar-refractivity contribution < 1.29 is 9.90 Å². The molecule has 0 aromatic carbocycles. The van der Waals surface area contributed by atoms with Gasteiger partial charge in [-0.05, 0) is 45.1 Å². The van der Waals surface area contributed by atoms with Gasteiger partial charge in [0.25, 0.3) is 0 Å². The SMILES string of the molecule is CC1CC(C)CN(CCC(C)(C)C(=O)O)C1. The minimum Gasteiger partial charge on any atom is -0.481 e. The molecule has 2 unspecified atom stereocenters. The lowest BCUT2D eigenvalue weighted by Crippen LogP contribution is -2.41. The van der Waals surface area contributed by atoms with Crippen LogP contribution in [-0.2, 0) is 4.79 Å². The lowest BCUT2D eigenvalue weighted by molar-refractivity contribution is -0.147. The number of hydrogen-bond donors (Lipinski definition) is 1. The Hall–Kier alpha value is -0.570. The summed E-state index contributed by atoms with van der Waals surface area (Å²) in [5, 5.41) is 9.06. The number of aliphatic carboxylic acids is 1. The number of likely N-dealkylation sites (tertiary alicyclic amines) is 1. The fraction of sp³-hybridized carbons (Fsp3) is 0.923. The van der Waals surface area contributed by atoms with E-state index in [1.165, 1.54) is 6.42 Å². The van der Waals surface area contributed by atoms with E-state index in [0.29, 0.717) is 0 Å². The first kappa shape index (κ1) is 13.5. The van der Waals surface area contributed by atoms with E-state index in [2.05, 4.69) is 18.7 Å². The van der Waals surface area contributed by atoms with E-state index in [1.807, 2.05) is 13.8 Å². The van der Waals surface area contributed by atoms with Gasteiger partial charge in [0, 0.05) is 13.1 Å². The van der Waals surface area contributed by atoms with Gasteiger partial charge in [-0.2, -0.15) is 0 Å². The van der Waals surface area contributed by atoms with Crippen LogP contribution in [0.25, 0.3) is 0 Å². The van der Waals surface area contributed by atoms with Crippen LogP contribution in [0.15, 0.2) is 0 Å². The molecule has 0 spiro atoms. The molecule has 1 aliphatic heterocycles. The lowest BCUT2D eigenvalue weighted by Gasteiger charge is -2.36. The Bertz CT molecular complexity index is 240. The summed E-state index contributed by atoms with van der Waals surface area (Å²) in [6.45, 7) is 11.3. The van der Waals surface area contributed by atoms with Crippen molar-refractivity contribution in [3.63, 3.8) is 0 Å². The molecule has 1 aliphatic rings. The molecule has 0 amide bonds. The van der Waals surface area contributed by atoms with Gasteiger partial charge in [-0.3, -0.25) is 4.79 Å². The molecule has 1 N–H and O–H groups in total. The molecular weight excluding hydrogens is 202 g/mol. The smallest absolute Gasteiger partial charge is 0.309 e. The molecule has 0 aliphatic carbocycles. The maximum absolute atomic E-state index is 11.0. The van der Waals surface area contributed by atoms with E-state index < -0.39 is 11.4 Å². The molecule has 0 bridgehead atoms. The molecule has 0 aromatic heterocycles. The first-order chi connectivity index (χ1) is 7.31. The molecule has 3 heteroatoms. The average molecular weight is 227 g/mol. The van der Waals surface area contributed by atoms with Crippen molar-refractivity contribution in [2.24, 2.45) is 17.3 Å². The molecule has 1 fully saturated rings. The van der Waals surface area contributed by atoms with Crippen LogP contribution in [0.1, 0.15) is 40.5 Å². The minimum absolute atomic E-state index is 0.593. The fourth-order valence-corrected chi connectivity index (χ4v) is 2.52. The van der Waals surface area contributed by atoms with Crippen molar-refractivity contribution in [1.29, 1.82) is 0 Å². The van der Waals surface area contributed by atoms with Crippen molar-refractivity contribution in [2.75, 3.05) is 19.6 Å². The van der Waals surface area contributed by atoms with Gasteiger partial charge in [-0.1, -0.05) is 13.8 Å². The predicted molar refractivity (Wildman–Crippen MR) is 65.4 cm³/mol. The Labute approximate surface area is 98.8 Å². The monoisotopic (exact) mass is 227 g/mol. The highest BCUT2D eigenvalue weighted by Crippen LogP contribution is 2.25. The van der Waals surface area contributed by atoms with Gasteiger partial charge in [0.15, 0.2) is 0 Å². The molecule has 1 saturated heterocycles. The molecule has 3 nitrogen and oxygen atoms in total. The highest BCUT2D eigenvalue weighted by Gasteiger charge is 2.29. The molecule has 1 rings (SSSR count). The van der Waals surface area contributed by atoms with Gasteiger partial charge < -0.3 is 10.0 Å². The van der Waals surface area contributed by atoms with Gasteiger partial charge in [0.2, 0.25) is 0 Å². The minimum atomic E-state index is -0.689. The van der Waals surface area contributed by atoms with Crippen LogP contribution in [0, 0.1) is 17.3 Å². The van der Waals surface area contributed by atoms with Gasteiger partial charge in [-0.15, -0.1) is 0 Å². The fourth-order valence-electron chi connectivity index (χ4n) is 2.52. The van der Waals surface area contributed by atoms with Crippen molar-refractivity contribution in [3.05, 3.63) is 0 Å². The highest BCUT2D eigenvalue weighted by molar-refractivity contribution is 5.73. The molecule has 16 heavy (non-hydrogen) atoms. The number of piperidine rings is 1. The summed E-state index contributed by atoms with van der Waals surface area (Å²) in [4.78, 5) is 13.4. The normalized spacial score (nSPS) is 28.0. The molecule has 0 radical (unpaired) electrons. The van der Waals surface area contributed by atoms with Crippen molar-refractivity contribution in [2.45, 2.75) is 40.5 Å². The molecule has 2 atom stereocenters. The summed E-state index contributed by atoms with van der Waals surface area (Å²) < 4.78 is 0. The third-order valence-corrected chi connectivity index (χ3v) is 3.58. The average Bonchev–Trinajstić information content (AvgIpc) is 2.13. The summed E-state index contributed by atoms with van der Waals surface area (Å²) in [5.74, 6) is 0.805. The quantitative estimate of drug-likeness (QED) is 0.802. The van der Waals surface area contributed by atoms with Crippen LogP contribution >= 0.6 is 0 Å². The van der Waals surface area contributed by atoms with Crippen molar-refractivity contribution in [3.8, 4) is 0 Å². The van der Waals surface area contributed by atoms with Crippen molar-refractivity contribution in [1.82, 2.24) is 4.90 Å². The van der Waals surface area contributed by atoms with Crippen LogP contribution in [0.2, 0.25) is 0 Å². The first-order valence-electron chi connectivity index (χ1n) is 6.27. The van der Waals surface area contributed by atoms with Crippen LogP contribution in [0.3, 0.4) is 0 Å². The topological polar surface area (TPSA) is 40.5 Å². The van der Waals surface area contributed by atoms with Gasteiger partial charge in [-0.25, -0.2) is 0 Å². The third kappa shape index (κ3) is 3.78. The Morgan fingerprint density at radius 2 is 1.81 bits per heavy atom. The van der Waals surface area contributed by atoms with Crippen LogP contribution < -0.4 is 0 Å². The number of nitrogens with zero attached hydrogens (tertiary/aromatic N) is 1. The molecular formula is C13H25NO2. The van der Waals surface area contributed by atoms with E-state index in [1.54, 1.807) is 0 Å². The van der Waals surface area contributed by atoms with E-state index in [0.717, 1.165) is 37.9 Å². The third-order valence-electron chi connectivity index (χ3n) is 3.58. The van der Waals surface area contributed by atoms with E-state index in [-0.39, 0.29) is 0 Å². The summed E-state index contributed by atoms with van der Waals surface area (Å²) in [6, 6.07) is 0. The van der Waals surface area contributed by atoms with E-state index >= 15 is 0 Å². The second-order valence-corrected chi connectivity index (χ2v) is 6.14. The highest BCUT2D eigenvalue weighted by atomic mass is 16.4. The standard InChI is InChI=1S/C13H25NO2/c1-10-7-11(2)9-14(8-10)6-5-13(3,4)12(15)16/h10-11H,5-9H2,1-4H3,(H,15,16). The number of carboxylic acids is 1. The first-order valence-corrected chi connectivity index (χ1v) is 6.27. The Kier molecular flexibility index (Phi) is 4.36. The zero-order valence-electron chi connectivity index (χ0n) is 11.0. The number of carboxylic acid groups (broad SMARTS) is 1. The van der Waals surface area contributed by atoms with Gasteiger partial charge >= 0.3 is 5.97 Å². The number of carbonyl (C=O) groups is 1. The molecule has 1 heterocycles. The largest absolute Gasteiger partial charge is 0.481 e. The molecule has 0 aromatic rings. The van der Waals surface area contributed by atoms with Crippen molar-refractivity contribution >= 4 is 5.97 Å². The summed E-state index contributed by atoms with van der Waals surface area (Å²) in [7, 11) is 0. The second-order valence-electron chi connectivity index (χ2n) is 6.14. The maximum atomic E-state index is 11.0. The molecule has 94 valence electrons. The summed E-state index contributed by atoms with van der Waals surface area (Å²) >= 11 is 0. The summed E-state index contributed by atoms with van der Waals surface area (Å²) in [6.07, 6.45) is 2.04. The summed E-state index contributed by atoms with van der Waals surface area (Å²) in [5.41, 5.74) is -0.593.